The molecule has 0 saturated carbocycles. The average Bonchev–Trinajstić information content (AvgIpc) is 2.40. The fourth-order valence-corrected chi connectivity index (χ4v) is 3.11. The van der Waals surface area contributed by atoms with Gasteiger partial charge in [-0.25, -0.2) is 8.42 Å². The van der Waals surface area contributed by atoms with Crippen LogP contribution in [0.15, 0.2) is 0 Å². The van der Waals surface area contributed by atoms with Crippen LogP contribution in [0.3, 0.4) is 0 Å². The van der Waals surface area contributed by atoms with Crippen molar-refractivity contribution in [3.8, 4) is 0 Å². The van der Waals surface area contributed by atoms with Crippen molar-refractivity contribution in [3.05, 3.63) is 0 Å². The van der Waals surface area contributed by atoms with Crippen LogP contribution < -0.4 is 0 Å². The quantitative estimate of drug-likeness (QED) is 0.326. The molecule has 0 spiro atoms. The minimum atomic E-state index is -3.20. The number of halogens is 1. The zero-order chi connectivity index (χ0) is 17.3. The van der Waals surface area contributed by atoms with E-state index in [1.807, 2.05) is 0 Å². The van der Waals surface area contributed by atoms with Gasteiger partial charge in [0, 0.05) is 10.7 Å². The molecule has 0 atom stereocenters. The summed E-state index contributed by atoms with van der Waals surface area (Å²) < 4.78 is 20.0. The fourth-order valence-electron chi connectivity index (χ4n) is 2.16. The molecule has 0 aliphatic heterocycles. The van der Waals surface area contributed by atoms with E-state index >= 15 is 0 Å². The van der Waals surface area contributed by atoms with Crippen molar-refractivity contribution in [2.75, 3.05) is 26.4 Å². The average molecular weight is 356 g/mol. The van der Waals surface area contributed by atoms with E-state index < -0.39 is 9.05 Å². The Morgan fingerprint density at radius 2 is 1.14 bits per heavy atom. The first-order valence-electron chi connectivity index (χ1n) is 8.90. The van der Waals surface area contributed by atoms with Gasteiger partial charge < -0.3 is 4.90 Å². The molecule has 0 fully saturated rings. The van der Waals surface area contributed by atoms with Gasteiger partial charge in [-0.2, -0.15) is 0 Å². The van der Waals surface area contributed by atoms with E-state index in [-0.39, 0.29) is 5.75 Å². The van der Waals surface area contributed by atoms with Crippen LogP contribution in [-0.4, -0.2) is 39.7 Å². The molecule has 0 aliphatic carbocycles. The Morgan fingerprint density at radius 3 is 1.41 bits per heavy atom. The second-order valence-corrected chi connectivity index (χ2v) is 9.12. The monoisotopic (exact) mass is 355 g/mol. The highest BCUT2D eigenvalue weighted by Crippen LogP contribution is 2.10. The van der Waals surface area contributed by atoms with E-state index in [4.69, 9.17) is 10.7 Å². The van der Waals surface area contributed by atoms with Crippen LogP contribution in [0.25, 0.3) is 0 Å². The van der Waals surface area contributed by atoms with Crippen molar-refractivity contribution in [3.63, 3.8) is 0 Å². The van der Waals surface area contributed by atoms with E-state index in [9.17, 15) is 8.42 Å². The second kappa shape index (κ2) is 17.6. The molecule has 0 heterocycles. The lowest BCUT2D eigenvalue weighted by molar-refractivity contribution is 0.389. The van der Waals surface area contributed by atoms with Crippen LogP contribution in [0.5, 0.6) is 0 Å². The molecule has 0 aromatic heterocycles. The summed E-state index contributed by atoms with van der Waals surface area (Å²) in [5.74, 6) is 0.0779. The highest BCUT2D eigenvalue weighted by atomic mass is 35.7. The molecule has 0 aromatic rings. The Labute approximate surface area is 144 Å². The van der Waals surface area contributed by atoms with Gasteiger partial charge in [0.2, 0.25) is 9.05 Å². The first kappa shape index (κ1) is 24.5. The molecule has 0 aliphatic rings. The van der Waals surface area contributed by atoms with Crippen molar-refractivity contribution >= 4 is 19.7 Å². The van der Waals surface area contributed by atoms with Crippen LogP contribution in [0.1, 0.15) is 84.5 Å². The highest BCUT2D eigenvalue weighted by molar-refractivity contribution is 8.13. The lowest BCUT2D eigenvalue weighted by atomic mass is 10.1. The normalized spacial score (nSPS) is 11.4. The molecular formula is C17H38ClNO2S. The van der Waals surface area contributed by atoms with Gasteiger partial charge in [0.15, 0.2) is 0 Å². The van der Waals surface area contributed by atoms with Gasteiger partial charge in [-0.3, -0.25) is 0 Å². The van der Waals surface area contributed by atoms with Crippen LogP contribution in [0, 0.1) is 0 Å². The molecule has 0 unspecified atom stereocenters. The summed E-state index contributed by atoms with van der Waals surface area (Å²) in [4.78, 5) is 2.28. The van der Waals surface area contributed by atoms with Crippen molar-refractivity contribution in [2.24, 2.45) is 0 Å². The van der Waals surface area contributed by atoms with E-state index in [0.717, 1.165) is 0 Å². The lowest BCUT2D eigenvalue weighted by Gasteiger charge is -2.08. The van der Waals surface area contributed by atoms with Crippen molar-refractivity contribution < 1.29 is 8.42 Å². The molecule has 0 bridgehead atoms. The Hall–Kier alpha value is 0.200. The zero-order valence-corrected chi connectivity index (χ0v) is 16.8. The van der Waals surface area contributed by atoms with Gasteiger partial charge in [0.05, 0.1) is 5.75 Å². The molecule has 136 valence electrons. The minimum Gasteiger partial charge on any atom is -0.309 e. The van der Waals surface area contributed by atoms with E-state index in [1.165, 1.54) is 70.8 Å². The third-order valence-corrected chi connectivity index (χ3v) is 4.77. The highest BCUT2D eigenvalue weighted by Gasteiger charge is 1.99. The maximum absolute atomic E-state index is 10.00. The van der Waals surface area contributed by atoms with Gasteiger partial charge in [-0.05, 0) is 33.5 Å². The first-order valence-corrected chi connectivity index (χ1v) is 11.4. The predicted molar refractivity (Wildman–Crippen MR) is 100 cm³/mol. The maximum Gasteiger partial charge on any atom is 0.232 e. The van der Waals surface area contributed by atoms with Gasteiger partial charge in [0.1, 0.15) is 0 Å². The first-order chi connectivity index (χ1) is 10.3. The second-order valence-electron chi connectivity index (χ2n) is 6.23. The molecule has 0 amide bonds. The summed E-state index contributed by atoms with van der Waals surface area (Å²) >= 11 is 0. The number of unbranched alkanes of at least 4 members (excludes halogenated alkanes) is 9. The molecule has 5 heteroatoms. The van der Waals surface area contributed by atoms with Crippen LogP contribution >= 0.6 is 10.7 Å². The topological polar surface area (TPSA) is 37.4 Å². The maximum atomic E-state index is 10.00. The molecule has 0 rings (SSSR count). The third-order valence-electron chi connectivity index (χ3n) is 3.41. The van der Waals surface area contributed by atoms with Gasteiger partial charge >= 0.3 is 0 Å². The fraction of sp³-hybridized carbons (Fsp3) is 1.00. The summed E-state index contributed by atoms with van der Waals surface area (Å²) in [5, 5.41) is 0. The van der Waals surface area contributed by atoms with E-state index in [0.29, 0.717) is 6.42 Å². The molecule has 0 aromatic carbocycles. The standard InChI is InChI=1S/C14H31N.C3H7ClO2S/c1-4-5-6-7-8-9-10-11-12-13-14-15(2)3;1-2-3-7(4,5)6/h4-14H2,1-3H3;2-3H2,1H3. The summed E-state index contributed by atoms with van der Waals surface area (Å²) in [5.41, 5.74) is 0. The zero-order valence-electron chi connectivity index (χ0n) is 15.2. The van der Waals surface area contributed by atoms with Crippen LogP contribution in [-0.2, 0) is 9.05 Å². The van der Waals surface area contributed by atoms with Gasteiger partial charge in [-0.1, -0.05) is 71.6 Å². The lowest BCUT2D eigenvalue weighted by Crippen LogP contribution is -2.12. The van der Waals surface area contributed by atoms with Gasteiger partial charge in [-0.15, -0.1) is 0 Å². The predicted octanol–water partition coefficient (Wildman–Crippen LogP) is 5.43. The molecular weight excluding hydrogens is 318 g/mol. The van der Waals surface area contributed by atoms with Crippen molar-refractivity contribution in [1.29, 1.82) is 0 Å². The summed E-state index contributed by atoms with van der Waals surface area (Å²) in [6.45, 7) is 5.31. The number of hydrogen-bond acceptors (Lipinski definition) is 3. The van der Waals surface area contributed by atoms with Crippen LogP contribution in [0.2, 0.25) is 0 Å². The Morgan fingerprint density at radius 1 is 0.727 bits per heavy atom. The largest absolute Gasteiger partial charge is 0.309 e. The molecule has 3 nitrogen and oxygen atoms in total. The van der Waals surface area contributed by atoms with Crippen LogP contribution in [0.4, 0.5) is 0 Å². The van der Waals surface area contributed by atoms with Crippen molar-refractivity contribution in [2.45, 2.75) is 84.5 Å². The Kier molecular flexibility index (Phi) is 19.5. The van der Waals surface area contributed by atoms with Gasteiger partial charge in [0.25, 0.3) is 0 Å². The number of rotatable bonds is 13. The van der Waals surface area contributed by atoms with E-state index in [2.05, 4.69) is 25.9 Å². The summed E-state index contributed by atoms with van der Waals surface area (Å²) in [6.07, 6.45) is 14.9. The molecule has 0 radical (unpaired) electrons. The smallest absolute Gasteiger partial charge is 0.232 e. The van der Waals surface area contributed by atoms with Crippen molar-refractivity contribution in [1.82, 2.24) is 4.90 Å². The number of nitrogens with zero attached hydrogens (tertiary/aromatic N) is 1. The minimum absolute atomic E-state index is 0.0779. The Balaban J connectivity index is 0. The summed E-state index contributed by atoms with van der Waals surface area (Å²) in [6, 6.07) is 0. The summed E-state index contributed by atoms with van der Waals surface area (Å²) in [7, 11) is 5.92. The molecule has 22 heavy (non-hydrogen) atoms. The SMILES string of the molecule is CCCCCCCCCCCCN(C)C.CCCS(=O)(=O)Cl. The molecule has 0 saturated heterocycles. The molecule has 0 N–H and O–H groups in total. The number of hydrogen-bond donors (Lipinski definition) is 0. The Bertz CT molecular complexity index is 306. The third kappa shape index (κ3) is 28.4. The van der Waals surface area contributed by atoms with E-state index in [1.54, 1.807) is 6.92 Å².